The van der Waals surface area contributed by atoms with Crippen LogP contribution in [-0.4, -0.2) is 55.0 Å². The fraction of sp³-hybridized carbons (Fsp3) is 0.200. The van der Waals surface area contributed by atoms with Gasteiger partial charge in [-0.2, -0.15) is 10.2 Å². The topological polar surface area (TPSA) is 139 Å². The van der Waals surface area contributed by atoms with E-state index in [1.54, 1.807) is 68.0 Å². The number of hydrogen-bond acceptors (Lipinski definition) is 9. The monoisotopic (exact) mass is 489 g/mol. The number of benzene rings is 1. The number of ether oxygens (including phenoxy) is 2. The number of rotatable bonds is 12. The summed E-state index contributed by atoms with van der Waals surface area (Å²) in [6.45, 7) is 0.589. The van der Waals surface area contributed by atoms with Crippen LogP contribution in [0.4, 0.5) is 5.69 Å². The number of methoxy groups -OCH3 is 2. The number of carbonyl (C=O) groups is 2. The van der Waals surface area contributed by atoms with Gasteiger partial charge in [-0.25, -0.2) is 20.8 Å². The summed E-state index contributed by atoms with van der Waals surface area (Å²) >= 11 is 0. The molecule has 0 atom stereocenters. The van der Waals surface area contributed by atoms with Crippen LogP contribution in [0.25, 0.3) is 0 Å². The average molecular weight is 490 g/mol. The normalized spacial score (nSPS) is 10.8. The summed E-state index contributed by atoms with van der Waals surface area (Å²) in [6.07, 6.45) is 7.13. The average Bonchev–Trinajstić information content (AvgIpc) is 2.92. The lowest BCUT2D eigenvalue weighted by Gasteiger charge is -2.07. The highest BCUT2D eigenvalue weighted by Gasteiger charge is 2.04. The first-order valence-electron chi connectivity index (χ1n) is 11.1. The minimum Gasteiger partial charge on any atom is -0.481 e. The Kier molecular flexibility index (Phi) is 9.89. The molecule has 0 aliphatic rings. The molecule has 36 heavy (non-hydrogen) atoms. The fourth-order valence-corrected chi connectivity index (χ4v) is 2.86. The van der Waals surface area contributed by atoms with Crippen LogP contribution in [0.5, 0.6) is 11.8 Å². The standard InChI is InChI=1S/C25H27N7O4/c1-35-23-11-5-18(14-27-23)16-29-31-22(33)4-3-13-26-21-9-7-20(8-10-21)25(34)32-30-17-19-6-12-24(36-2)28-15-19/h5-12,14-17,26H,3-4,13H2,1-2H3,(H,31,33)(H,32,34)/b29-16+,30-17+. The van der Waals surface area contributed by atoms with Gasteiger partial charge in [0, 0.05) is 59.9 Å². The number of nitrogens with zero attached hydrogens (tertiary/aromatic N) is 4. The van der Waals surface area contributed by atoms with Gasteiger partial charge in [0.1, 0.15) is 0 Å². The molecule has 3 aromatic rings. The van der Waals surface area contributed by atoms with Crippen molar-refractivity contribution in [1.82, 2.24) is 20.8 Å². The SMILES string of the molecule is COc1ccc(/C=N/NC(=O)CCCNc2ccc(C(=O)N/N=C/c3ccc(OC)nc3)cc2)cn1. The van der Waals surface area contributed by atoms with Gasteiger partial charge in [0.25, 0.3) is 5.91 Å². The maximum Gasteiger partial charge on any atom is 0.271 e. The van der Waals surface area contributed by atoms with E-state index in [4.69, 9.17) is 9.47 Å². The molecule has 186 valence electrons. The molecule has 0 radical (unpaired) electrons. The third kappa shape index (κ3) is 8.52. The largest absolute Gasteiger partial charge is 0.481 e. The second-order valence-corrected chi connectivity index (χ2v) is 7.37. The van der Waals surface area contributed by atoms with Gasteiger partial charge in [0.2, 0.25) is 17.7 Å². The molecule has 2 heterocycles. The highest BCUT2D eigenvalue weighted by Crippen LogP contribution is 2.10. The van der Waals surface area contributed by atoms with Crippen LogP contribution in [0.1, 0.15) is 34.3 Å². The number of hydrazone groups is 2. The Balaban J connectivity index is 1.33. The number of carbonyl (C=O) groups excluding carboxylic acids is 2. The molecule has 0 spiro atoms. The molecule has 11 heteroatoms. The lowest BCUT2D eigenvalue weighted by Crippen LogP contribution is -2.18. The Morgan fingerprint density at radius 3 is 1.94 bits per heavy atom. The van der Waals surface area contributed by atoms with Gasteiger partial charge in [-0.15, -0.1) is 0 Å². The van der Waals surface area contributed by atoms with Crippen LogP contribution in [-0.2, 0) is 4.79 Å². The molecule has 1 aromatic carbocycles. The zero-order valence-electron chi connectivity index (χ0n) is 20.0. The Morgan fingerprint density at radius 2 is 1.42 bits per heavy atom. The Labute approximate surface area is 208 Å². The third-order valence-corrected chi connectivity index (χ3v) is 4.78. The molecular weight excluding hydrogens is 462 g/mol. The van der Waals surface area contributed by atoms with E-state index in [0.717, 1.165) is 16.8 Å². The molecule has 0 saturated carbocycles. The van der Waals surface area contributed by atoms with E-state index in [0.29, 0.717) is 36.7 Å². The van der Waals surface area contributed by atoms with Crippen molar-refractivity contribution < 1.29 is 19.1 Å². The van der Waals surface area contributed by atoms with Crippen molar-refractivity contribution in [2.24, 2.45) is 10.2 Å². The fourth-order valence-electron chi connectivity index (χ4n) is 2.86. The minimum absolute atomic E-state index is 0.187. The number of aromatic nitrogens is 2. The second kappa shape index (κ2) is 13.8. The van der Waals surface area contributed by atoms with Crippen molar-refractivity contribution in [1.29, 1.82) is 0 Å². The summed E-state index contributed by atoms with van der Waals surface area (Å²) in [4.78, 5) is 32.3. The summed E-state index contributed by atoms with van der Waals surface area (Å²) < 4.78 is 9.99. The molecule has 0 saturated heterocycles. The van der Waals surface area contributed by atoms with Crippen molar-refractivity contribution in [3.8, 4) is 11.8 Å². The zero-order valence-corrected chi connectivity index (χ0v) is 20.0. The van der Waals surface area contributed by atoms with E-state index in [-0.39, 0.29) is 11.8 Å². The quantitative estimate of drug-likeness (QED) is 0.202. The summed E-state index contributed by atoms with van der Waals surface area (Å²) in [7, 11) is 3.08. The van der Waals surface area contributed by atoms with Crippen LogP contribution in [0.15, 0.2) is 71.1 Å². The Morgan fingerprint density at radius 1 is 0.833 bits per heavy atom. The lowest BCUT2D eigenvalue weighted by atomic mass is 10.2. The van der Waals surface area contributed by atoms with E-state index in [9.17, 15) is 9.59 Å². The smallest absolute Gasteiger partial charge is 0.271 e. The maximum atomic E-state index is 12.2. The van der Waals surface area contributed by atoms with Crippen LogP contribution < -0.4 is 25.6 Å². The van der Waals surface area contributed by atoms with Crippen LogP contribution in [0.3, 0.4) is 0 Å². The summed E-state index contributed by atoms with van der Waals surface area (Å²) in [5.74, 6) is 0.491. The van der Waals surface area contributed by atoms with Gasteiger partial charge in [-0.1, -0.05) is 0 Å². The van der Waals surface area contributed by atoms with Crippen molar-refractivity contribution in [2.45, 2.75) is 12.8 Å². The van der Waals surface area contributed by atoms with Crippen LogP contribution in [0.2, 0.25) is 0 Å². The summed E-state index contributed by atoms with van der Waals surface area (Å²) in [5, 5.41) is 11.1. The van der Waals surface area contributed by atoms with Crippen molar-refractivity contribution in [3.63, 3.8) is 0 Å². The van der Waals surface area contributed by atoms with E-state index in [2.05, 4.69) is 36.3 Å². The molecule has 0 fully saturated rings. The first-order valence-corrected chi connectivity index (χ1v) is 11.1. The highest BCUT2D eigenvalue weighted by atomic mass is 16.5. The first-order chi connectivity index (χ1) is 17.6. The van der Waals surface area contributed by atoms with Gasteiger partial charge in [0.15, 0.2) is 0 Å². The molecule has 2 aromatic heterocycles. The first kappa shape index (κ1) is 25.8. The van der Waals surface area contributed by atoms with Crippen molar-refractivity contribution in [2.75, 3.05) is 26.1 Å². The van der Waals surface area contributed by atoms with Crippen molar-refractivity contribution in [3.05, 3.63) is 77.6 Å². The van der Waals surface area contributed by atoms with E-state index >= 15 is 0 Å². The highest BCUT2D eigenvalue weighted by molar-refractivity contribution is 5.95. The molecule has 0 aliphatic heterocycles. The van der Waals surface area contributed by atoms with Gasteiger partial charge in [-0.3, -0.25) is 9.59 Å². The minimum atomic E-state index is -0.332. The number of nitrogens with one attached hydrogen (secondary N) is 3. The molecule has 11 nitrogen and oxygen atoms in total. The van der Waals surface area contributed by atoms with Gasteiger partial charge < -0.3 is 14.8 Å². The number of pyridine rings is 2. The number of anilines is 1. The predicted molar refractivity (Wildman–Crippen MR) is 137 cm³/mol. The van der Waals surface area contributed by atoms with Crippen LogP contribution >= 0.6 is 0 Å². The Bertz CT molecular complexity index is 1180. The lowest BCUT2D eigenvalue weighted by molar-refractivity contribution is -0.121. The van der Waals surface area contributed by atoms with Crippen molar-refractivity contribution >= 4 is 29.9 Å². The number of amides is 2. The number of hydrogen-bond donors (Lipinski definition) is 3. The van der Waals surface area contributed by atoms with E-state index < -0.39 is 0 Å². The second-order valence-electron chi connectivity index (χ2n) is 7.37. The molecular formula is C25H27N7O4. The van der Waals surface area contributed by atoms with E-state index in [1.165, 1.54) is 19.5 Å². The molecule has 0 unspecified atom stereocenters. The van der Waals surface area contributed by atoms with Gasteiger partial charge in [0.05, 0.1) is 26.6 Å². The van der Waals surface area contributed by atoms with Crippen LogP contribution in [0, 0.1) is 0 Å². The predicted octanol–water partition coefficient (Wildman–Crippen LogP) is 2.60. The maximum absolute atomic E-state index is 12.2. The molecule has 0 aliphatic carbocycles. The zero-order chi connectivity index (χ0) is 25.6. The Hall–Kier alpha value is -4.80. The molecule has 3 N–H and O–H groups in total. The molecule has 3 rings (SSSR count). The molecule has 0 bridgehead atoms. The van der Waals surface area contributed by atoms with Gasteiger partial charge >= 0.3 is 0 Å². The van der Waals surface area contributed by atoms with E-state index in [1.807, 2.05) is 0 Å². The summed E-state index contributed by atoms with van der Waals surface area (Å²) in [6, 6.07) is 13.9. The molecule has 2 amide bonds. The van der Waals surface area contributed by atoms with Gasteiger partial charge in [-0.05, 0) is 42.8 Å². The summed E-state index contributed by atoms with van der Waals surface area (Å²) in [5.41, 5.74) is 7.75. The third-order valence-electron chi connectivity index (χ3n) is 4.78.